The van der Waals surface area contributed by atoms with Crippen molar-refractivity contribution in [2.24, 2.45) is 0 Å². The average molecular weight is 245 g/mol. The van der Waals surface area contributed by atoms with Gasteiger partial charge in [0, 0.05) is 22.1 Å². The lowest BCUT2D eigenvalue weighted by Crippen LogP contribution is -2.10. The van der Waals surface area contributed by atoms with Gasteiger partial charge in [-0.2, -0.15) is 0 Å². The molecule has 0 fully saturated rings. The number of benzene rings is 1. The summed E-state index contributed by atoms with van der Waals surface area (Å²) in [7, 11) is -2.86. The second-order valence-electron chi connectivity index (χ2n) is 3.12. The molecular formula is C10H15NO2S2. The predicted molar refractivity (Wildman–Crippen MR) is 65.9 cm³/mol. The van der Waals surface area contributed by atoms with Gasteiger partial charge in [-0.1, -0.05) is 19.1 Å². The van der Waals surface area contributed by atoms with Crippen molar-refractivity contribution in [3.63, 3.8) is 0 Å². The lowest BCUT2D eigenvalue weighted by molar-refractivity contribution is 0.599. The smallest absolute Gasteiger partial charge is 0.150 e. The van der Waals surface area contributed by atoms with Crippen molar-refractivity contribution in [1.29, 1.82) is 0 Å². The summed E-state index contributed by atoms with van der Waals surface area (Å²) >= 11 is 1.49. The summed E-state index contributed by atoms with van der Waals surface area (Å²) < 4.78 is 22.5. The zero-order chi connectivity index (χ0) is 11.3. The van der Waals surface area contributed by atoms with Crippen molar-refractivity contribution in [3.05, 3.63) is 24.3 Å². The first-order chi connectivity index (χ1) is 7.05. The Morgan fingerprint density at radius 3 is 2.60 bits per heavy atom. The number of nitrogens with two attached hydrogens (primary N) is 1. The summed E-state index contributed by atoms with van der Waals surface area (Å²) in [5.74, 6) is 0.977. The van der Waals surface area contributed by atoms with Crippen LogP contribution < -0.4 is 5.73 Å². The van der Waals surface area contributed by atoms with Crippen LogP contribution in [0.2, 0.25) is 0 Å². The highest BCUT2D eigenvalue weighted by Gasteiger charge is 2.07. The largest absolute Gasteiger partial charge is 0.398 e. The highest BCUT2D eigenvalue weighted by Crippen LogP contribution is 2.24. The zero-order valence-corrected chi connectivity index (χ0v) is 10.3. The van der Waals surface area contributed by atoms with E-state index in [0.29, 0.717) is 11.4 Å². The number of nitrogen functional groups attached to an aromatic ring is 1. The van der Waals surface area contributed by atoms with E-state index >= 15 is 0 Å². The third-order valence-corrected chi connectivity index (χ3v) is 5.07. The van der Waals surface area contributed by atoms with Crippen LogP contribution in [0.1, 0.15) is 6.92 Å². The van der Waals surface area contributed by atoms with Gasteiger partial charge >= 0.3 is 0 Å². The predicted octanol–water partition coefficient (Wildman–Crippen LogP) is 1.80. The lowest BCUT2D eigenvalue weighted by atomic mass is 10.3. The number of rotatable bonds is 5. The van der Waals surface area contributed by atoms with E-state index in [2.05, 4.69) is 0 Å². The molecule has 3 nitrogen and oxygen atoms in total. The standard InChI is InChI=1S/C10H15NO2S2/c1-2-15(12,13)8-7-14-10-6-4-3-5-9(10)11/h3-6H,2,7-8,11H2,1H3. The van der Waals surface area contributed by atoms with Gasteiger partial charge in [0.2, 0.25) is 0 Å². The molecule has 0 radical (unpaired) electrons. The molecule has 0 heterocycles. The van der Waals surface area contributed by atoms with Gasteiger partial charge in [0.1, 0.15) is 0 Å². The average Bonchev–Trinajstić information content (AvgIpc) is 2.21. The van der Waals surface area contributed by atoms with Crippen LogP contribution in [-0.4, -0.2) is 25.7 Å². The van der Waals surface area contributed by atoms with Crippen LogP contribution in [0.15, 0.2) is 29.2 Å². The molecule has 0 saturated carbocycles. The number of sulfone groups is 1. The van der Waals surface area contributed by atoms with E-state index in [-0.39, 0.29) is 11.5 Å². The van der Waals surface area contributed by atoms with E-state index < -0.39 is 9.84 Å². The zero-order valence-electron chi connectivity index (χ0n) is 8.64. The van der Waals surface area contributed by atoms with Gasteiger partial charge in [0.25, 0.3) is 0 Å². The van der Waals surface area contributed by atoms with Crippen LogP contribution in [0.3, 0.4) is 0 Å². The Hall–Kier alpha value is -0.680. The summed E-state index contributed by atoms with van der Waals surface area (Å²) in [5, 5.41) is 0. The molecule has 0 amide bonds. The number of anilines is 1. The summed E-state index contributed by atoms with van der Waals surface area (Å²) in [5.41, 5.74) is 6.44. The fraction of sp³-hybridized carbons (Fsp3) is 0.400. The molecule has 15 heavy (non-hydrogen) atoms. The van der Waals surface area contributed by atoms with E-state index in [1.807, 2.05) is 24.3 Å². The van der Waals surface area contributed by atoms with Gasteiger partial charge in [-0.3, -0.25) is 0 Å². The summed E-state index contributed by atoms with van der Waals surface area (Å²) in [6, 6.07) is 7.48. The summed E-state index contributed by atoms with van der Waals surface area (Å²) in [6.45, 7) is 1.66. The molecule has 1 aromatic rings. The van der Waals surface area contributed by atoms with Gasteiger partial charge in [-0.15, -0.1) is 11.8 Å². The van der Waals surface area contributed by atoms with Crippen molar-refractivity contribution in [3.8, 4) is 0 Å². The first-order valence-electron chi connectivity index (χ1n) is 4.73. The lowest BCUT2D eigenvalue weighted by Gasteiger charge is -2.04. The molecule has 0 aliphatic heterocycles. The molecule has 0 aliphatic rings. The van der Waals surface area contributed by atoms with Crippen molar-refractivity contribution < 1.29 is 8.42 Å². The van der Waals surface area contributed by atoms with Crippen LogP contribution in [0.4, 0.5) is 5.69 Å². The first kappa shape index (κ1) is 12.4. The van der Waals surface area contributed by atoms with Crippen molar-refractivity contribution in [2.75, 3.05) is 23.0 Å². The number of para-hydroxylation sites is 1. The Bertz CT molecular complexity index is 415. The SMILES string of the molecule is CCS(=O)(=O)CCSc1ccccc1N. The minimum Gasteiger partial charge on any atom is -0.398 e. The van der Waals surface area contributed by atoms with E-state index in [0.717, 1.165) is 4.90 Å². The third kappa shape index (κ3) is 4.13. The molecule has 1 aromatic carbocycles. The molecule has 84 valence electrons. The van der Waals surface area contributed by atoms with Crippen LogP contribution >= 0.6 is 11.8 Å². The van der Waals surface area contributed by atoms with Gasteiger partial charge in [0.15, 0.2) is 9.84 Å². The Morgan fingerprint density at radius 2 is 2.00 bits per heavy atom. The second kappa shape index (κ2) is 5.42. The minimum atomic E-state index is -2.86. The van der Waals surface area contributed by atoms with Crippen LogP contribution in [-0.2, 0) is 9.84 Å². The molecule has 2 N–H and O–H groups in total. The monoisotopic (exact) mass is 245 g/mol. The quantitative estimate of drug-likeness (QED) is 0.634. The van der Waals surface area contributed by atoms with Crippen LogP contribution in [0.25, 0.3) is 0 Å². The first-order valence-corrected chi connectivity index (χ1v) is 7.53. The van der Waals surface area contributed by atoms with E-state index in [9.17, 15) is 8.42 Å². The maximum atomic E-state index is 11.2. The van der Waals surface area contributed by atoms with Gasteiger partial charge < -0.3 is 5.73 Å². The highest BCUT2D eigenvalue weighted by atomic mass is 32.2. The molecule has 0 aromatic heterocycles. The van der Waals surface area contributed by atoms with E-state index in [1.54, 1.807) is 6.92 Å². The molecule has 5 heteroatoms. The molecule has 0 unspecified atom stereocenters. The summed E-state index contributed by atoms with van der Waals surface area (Å²) in [4.78, 5) is 0.948. The third-order valence-electron chi connectivity index (χ3n) is 2.01. The number of thioether (sulfide) groups is 1. The van der Waals surface area contributed by atoms with Gasteiger partial charge in [-0.25, -0.2) is 8.42 Å². The number of hydrogen-bond donors (Lipinski definition) is 1. The number of hydrogen-bond acceptors (Lipinski definition) is 4. The molecule has 0 bridgehead atoms. The highest BCUT2D eigenvalue weighted by molar-refractivity contribution is 8.00. The molecule has 1 rings (SSSR count). The van der Waals surface area contributed by atoms with E-state index in [1.165, 1.54) is 11.8 Å². The summed E-state index contributed by atoms with van der Waals surface area (Å²) in [6.07, 6.45) is 0. The maximum Gasteiger partial charge on any atom is 0.150 e. The van der Waals surface area contributed by atoms with E-state index in [4.69, 9.17) is 5.73 Å². The Balaban J connectivity index is 2.49. The fourth-order valence-corrected chi connectivity index (χ4v) is 3.30. The van der Waals surface area contributed by atoms with Gasteiger partial charge in [-0.05, 0) is 12.1 Å². The van der Waals surface area contributed by atoms with Crippen LogP contribution in [0.5, 0.6) is 0 Å². The topological polar surface area (TPSA) is 60.2 Å². The van der Waals surface area contributed by atoms with Crippen molar-refractivity contribution >= 4 is 27.3 Å². The van der Waals surface area contributed by atoms with Crippen molar-refractivity contribution in [2.45, 2.75) is 11.8 Å². The molecule has 0 spiro atoms. The molecule has 0 saturated heterocycles. The Morgan fingerprint density at radius 1 is 1.33 bits per heavy atom. The Labute approximate surface area is 95.0 Å². The van der Waals surface area contributed by atoms with Crippen molar-refractivity contribution in [1.82, 2.24) is 0 Å². The maximum absolute atomic E-state index is 11.2. The normalized spacial score (nSPS) is 11.5. The molecule has 0 atom stereocenters. The van der Waals surface area contributed by atoms with Crippen LogP contribution in [0, 0.1) is 0 Å². The second-order valence-corrected chi connectivity index (χ2v) is 6.73. The molecule has 0 aliphatic carbocycles. The fourth-order valence-electron chi connectivity index (χ4n) is 1.03. The van der Waals surface area contributed by atoms with Gasteiger partial charge in [0.05, 0.1) is 5.75 Å². The molecular weight excluding hydrogens is 230 g/mol. The minimum absolute atomic E-state index is 0.206. The Kier molecular flexibility index (Phi) is 4.47.